The van der Waals surface area contributed by atoms with Crippen LogP contribution in [0.5, 0.6) is 0 Å². The molecule has 0 aliphatic heterocycles. The standard InChI is InChI=1S/C14H17N5O3/c1-9(2)12(14(22)15-8-11(20)21)19-17-13(16-18-19)10-6-4-3-5-7-10/h3-7,9,12H,8H2,1-2H3,(H,15,22)(H,20,21). The summed E-state index contributed by atoms with van der Waals surface area (Å²) in [5.41, 5.74) is 0.794. The van der Waals surface area contributed by atoms with E-state index >= 15 is 0 Å². The third-order valence-corrected chi connectivity index (χ3v) is 3.02. The van der Waals surface area contributed by atoms with Crippen LogP contribution in [0.3, 0.4) is 0 Å². The predicted octanol–water partition coefficient (Wildman–Crippen LogP) is 0.738. The van der Waals surface area contributed by atoms with Crippen molar-refractivity contribution in [3.05, 3.63) is 30.3 Å². The molecule has 8 nitrogen and oxygen atoms in total. The van der Waals surface area contributed by atoms with E-state index in [1.54, 1.807) is 0 Å². The lowest BCUT2D eigenvalue weighted by Gasteiger charge is -2.18. The van der Waals surface area contributed by atoms with Gasteiger partial charge in [0.1, 0.15) is 6.54 Å². The van der Waals surface area contributed by atoms with Gasteiger partial charge >= 0.3 is 5.97 Å². The summed E-state index contributed by atoms with van der Waals surface area (Å²) in [6.45, 7) is 3.22. The number of nitrogens with one attached hydrogen (secondary N) is 1. The van der Waals surface area contributed by atoms with Gasteiger partial charge in [0.05, 0.1) is 0 Å². The highest BCUT2D eigenvalue weighted by atomic mass is 16.4. The van der Waals surface area contributed by atoms with Crippen LogP contribution in [0.2, 0.25) is 0 Å². The predicted molar refractivity (Wildman–Crippen MR) is 77.8 cm³/mol. The first-order chi connectivity index (χ1) is 10.5. The smallest absolute Gasteiger partial charge is 0.322 e. The van der Waals surface area contributed by atoms with Crippen LogP contribution in [-0.2, 0) is 9.59 Å². The molecule has 0 bridgehead atoms. The number of benzene rings is 1. The Hall–Kier alpha value is -2.77. The number of aliphatic carboxylic acids is 1. The molecule has 2 rings (SSSR count). The monoisotopic (exact) mass is 303 g/mol. The van der Waals surface area contributed by atoms with Crippen LogP contribution in [0.15, 0.2) is 30.3 Å². The van der Waals surface area contributed by atoms with Crippen LogP contribution in [0.25, 0.3) is 11.4 Å². The number of hydrogen-bond acceptors (Lipinski definition) is 5. The van der Waals surface area contributed by atoms with Crippen LogP contribution in [-0.4, -0.2) is 43.7 Å². The number of carboxylic acids is 1. The Morgan fingerprint density at radius 3 is 2.55 bits per heavy atom. The zero-order valence-electron chi connectivity index (χ0n) is 12.3. The summed E-state index contributed by atoms with van der Waals surface area (Å²) in [6.07, 6.45) is 0. The quantitative estimate of drug-likeness (QED) is 0.814. The second-order valence-corrected chi connectivity index (χ2v) is 5.10. The normalized spacial score (nSPS) is 12.1. The van der Waals surface area contributed by atoms with Crippen molar-refractivity contribution in [3.8, 4) is 11.4 Å². The molecule has 22 heavy (non-hydrogen) atoms. The van der Waals surface area contributed by atoms with Crippen LogP contribution >= 0.6 is 0 Å². The van der Waals surface area contributed by atoms with Gasteiger partial charge in [0.25, 0.3) is 0 Å². The van der Waals surface area contributed by atoms with Gasteiger partial charge in [0.2, 0.25) is 11.7 Å². The van der Waals surface area contributed by atoms with Gasteiger partial charge in [0.15, 0.2) is 6.04 Å². The van der Waals surface area contributed by atoms with Crippen molar-refractivity contribution < 1.29 is 14.7 Å². The molecule has 2 aromatic rings. The van der Waals surface area contributed by atoms with Crippen LogP contribution in [0.1, 0.15) is 19.9 Å². The summed E-state index contributed by atoms with van der Waals surface area (Å²) >= 11 is 0. The number of hydrogen-bond donors (Lipinski definition) is 2. The Morgan fingerprint density at radius 1 is 1.27 bits per heavy atom. The topological polar surface area (TPSA) is 110 Å². The summed E-state index contributed by atoms with van der Waals surface area (Å²) in [6, 6.07) is 8.56. The summed E-state index contributed by atoms with van der Waals surface area (Å²) in [5, 5.41) is 23.1. The highest BCUT2D eigenvalue weighted by molar-refractivity contribution is 5.84. The minimum atomic E-state index is -1.10. The molecule has 0 saturated carbocycles. The average molecular weight is 303 g/mol. The third kappa shape index (κ3) is 3.66. The molecular weight excluding hydrogens is 286 g/mol. The van der Waals surface area contributed by atoms with Crippen molar-refractivity contribution in [1.82, 2.24) is 25.5 Å². The Morgan fingerprint density at radius 2 is 1.95 bits per heavy atom. The maximum absolute atomic E-state index is 12.1. The van der Waals surface area contributed by atoms with E-state index in [-0.39, 0.29) is 5.92 Å². The molecule has 8 heteroatoms. The molecule has 0 aliphatic rings. The second-order valence-electron chi connectivity index (χ2n) is 5.10. The number of carbonyl (C=O) groups excluding carboxylic acids is 1. The number of carbonyl (C=O) groups is 2. The zero-order valence-corrected chi connectivity index (χ0v) is 12.3. The maximum Gasteiger partial charge on any atom is 0.322 e. The van der Waals surface area contributed by atoms with Gasteiger partial charge in [-0.1, -0.05) is 44.2 Å². The number of tetrazole rings is 1. The molecule has 1 amide bonds. The molecule has 1 unspecified atom stereocenters. The van der Waals surface area contributed by atoms with Crippen LogP contribution < -0.4 is 5.32 Å². The number of carboxylic acid groups (broad SMARTS) is 1. The summed E-state index contributed by atoms with van der Waals surface area (Å²) in [4.78, 5) is 23.9. The van der Waals surface area contributed by atoms with Crippen molar-refractivity contribution in [3.63, 3.8) is 0 Å². The van der Waals surface area contributed by atoms with Crippen LogP contribution in [0.4, 0.5) is 0 Å². The summed E-state index contributed by atoms with van der Waals surface area (Å²) in [7, 11) is 0. The first-order valence-corrected chi connectivity index (χ1v) is 6.83. The molecule has 0 saturated heterocycles. The molecule has 116 valence electrons. The minimum Gasteiger partial charge on any atom is -0.480 e. The van der Waals surface area contributed by atoms with Crippen LogP contribution in [0, 0.1) is 5.92 Å². The van der Waals surface area contributed by atoms with Gasteiger partial charge in [0, 0.05) is 5.56 Å². The van der Waals surface area contributed by atoms with Crippen molar-refractivity contribution in [2.75, 3.05) is 6.54 Å². The summed E-state index contributed by atoms with van der Waals surface area (Å²) < 4.78 is 0. The number of aromatic nitrogens is 4. The fourth-order valence-electron chi connectivity index (χ4n) is 1.99. The lowest BCUT2D eigenvalue weighted by Crippen LogP contribution is -2.39. The summed E-state index contributed by atoms with van der Waals surface area (Å²) in [5.74, 6) is -1.26. The lowest BCUT2D eigenvalue weighted by molar-refractivity contribution is -0.138. The average Bonchev–Trinajstić information content (AvgIpc) is 2.95. The first kappa shape index (κ1) is 15.6. The number of rotatable bonds is 6. The highest BCUT2D eigenvalue weighted by Gasteiger charge is 2.27. The highest BCUT2D eigenvalue weighted by Crippen LogP contribution is 2.18. The fourth-order valence-corrected chi connectivity index (χ4v) is 1.99. The van der Waals surface area contributed by atoms with Crippen molar-refractivity contribution >= 4 is 11.9 Å². The van der Waals surface area contributed by atoms with E-state index in [2.05, 4.69) is 20.7 Å². The lowest BCUT2D eigenvalue weighted by atomic mass is 10.0. The van der Waals surface area contributed by atoms with Gasteiger partial charge < -0.3 is 10.4 Å². The Kier molecular flexibility index (Phi) is 4.82. The molecule has 1 aromatic heterocycles. The molecule has 1 atom stereocenters. The molecular formula is C14H17N5O3. The Balaban J connectivity index is 2.21. The van der Waals surface area contributed by atoms with E-state index < -0.39 is 24.5 Å². The van der Waals surface area contributed by atoms with Gasteiger partial charge in [-0.3, -0.25) is 9.59 Å². The molecule has 2 N–H and O–H groups in total. The maximum atomic E-state index is 12.1. The molecule has 1 heterocycles. The molecule has 0 fully saturated rings. The SMILES string of the molecule is CC(C)C(C(=O)NCC(=O)O)n1nnc(-c2ccccc2)n1. The van der Waals surface area contributed by atoms with Gasteiger partial charge in [-0.2, -0.15) is 4.80 Å². The van der Waals surface area contributed by atoms with Gasteiger partial charge in [-0.15, -0.1) is 10.2 Å². The van der Waals surface area contributed by atoms with Gasteiger partial charge in [-0.25, -0.2) is 0 Å². The van der Waals surface area contributed by atoms with E-state index in [9.17, 15) is 9.59 Å². The molecule has 0 aliphatic carbocycles. The molecule has 0 spiro atoms. The fraction of sp³-hybridized carbons (Fsp3) is 0.357. The van der Waals surface area contributed by atoms with E-state index in [0.29, 0.717) is 5.82 Å². The number of amides is 1. The van der Waals surface area contributed by atoms with E-state index in [1.807, 2.05) is 44.2 Å². The van der Waals surface area contributed by atoms with E-state index in [1.165, 1.54) is 4.80 Å². The third-order valence-electron chi connectivity index (χ3n) is 3.02. The van der Waals surface area contributed by atoms with E-state index in [4.69, 9.17) is 5.11 Å². The van der Waals surface area contributed by atoms with Crippen molar-refractivity contribution in [1.29, 1.82) is 0 Å². The van der Waals surface area contributed by atoms with Crippen molar-refractivity contribution in [2.45, 2.75) is 19.9 Å². The Labute approximate surface area is 127 Å². The van der Waals surface area contributed by atoms with Crippen molar-refractivity contribution in [2.24, 2.45) is 5.92 Å². The largest absolute Gasteiger partial charge is 0.480 e. The molecule has 1 aromatic carbocycles. The Bertz CT molecular complexity index is 654. The number of nitrogens with zero attached hydrogens (tertiary/aromatic N) is 4. The second kappa shape index (κ2) is 6.79. The molecule has 0 radical (unpaired) electrons. The van der Waals surface area contributed by atoms with E-state index in [0.717, 1.165) is 5.56 Å². The zero-order chi connectivity index (χ0) is 16.1. The minimum absolute atomic E-state index is 0.119. The first-order valence-electron chi connectivity index (χ1n) is 6.83. The van der Waals surface area contributed by atoms with Gasteiger partial charge in [-0.05, 0) is 11.1 Å².